The first-order valence-electron chi connectivity index (χ1n) is 5.33. The van der Waals surface area contributed by atoms with Crippen LogP contribution in [-0.4, -0.2) is 0 Å². The van der Waals surface area contributed by atoms with Crippen molar-refractivity contribution >= 4 is 45.8 Å². The predicted octanol–water partition coefficient (Wildman–Crippen LogP) is 5.01. The average Bonchev–Trinajstić information content (AvgIpc) is 2.38. The molecule has 0 aromatic heterocycles. The Labute approximate surface area is 125 Å². The van der Waals surface area contributed by atoms with Crippen LogP contribution in [-0.2, 0) is 0 Å². The second-order valence-electron chi connectivity index (χ2n) is 3.70. The van der Waals surface area contributed by atoms with Crippen molar-refractivity contribution in [3.05, 3.63) is 68.3 Å². The molecular formula is C15H9ClIN. The summed E-state index contributed by atoms with van der Waals surface area (Å²) in [4.78, 5) is 0. The van der Waals surface area contributed by atoms with Crippen molar-refractivity contribution in [2.45, 2.75) is 0 Å². The minimum absolute atomic E-state index is 0.613. The lowest BCUT2D eigenvalue weighted by atomic mass is 10.0. The predicted molar refractivity (Wildman–Crippen MR) is 84.1 cm³/mol. The molecule has 0 atom stereocenters. The summed E-state index contributed by atoms with van der Waals surface area (Å²) in [7, 11) is 0. The molecule has 3 heteroatoms. The fourth-order valence-corrected chi connectivity index (χ4v) is 2.32. The standard InChI is InChI=1S/C15H9ClIN/c16-14-6-3-5-11(9-14)13(10-18)8-12-4-1-2-7-15(12)17/h1-9H/b13-8-. The molecule has 0 fully saturated rings. The minimum atomic E-state index is 0.613. The third-order valence-corrected chi connectivity index (χ3v) is 3.68. The number of halogens is 2. The van der Waals surface area contributed by atoms with Crippen LogP contribution in [0.25, 0.3) is 11.6 Å². The van der Waals surface area contributed by atoms with Gasteiger partial charge in [-0.25, -0.2) is 0 Å². The molecule has 0 saturated carbocycles. The molecule has 0 heterocycles. The first-order chi connectivity index (χ1) is 8.70. The normalized spacial score (nSPS) is 11.1. The molecule has 2 aromatic rings. The van der Waals surface area contributed by atoms with Gasteiger partial charge in [0, 0.05) is 8.59 Å². The molecule has 0 spiro atoms. The Morgan fingerprint density at radius 3 is 2.61 bits per heavy atom. The Kier molecular flexibility index (Phi) is 4.40. The minimum Gasteiger partial charge on any atom is -0.192 e. The van der Waals surface area contributed by atoms with Gasteiger partial charge in [-0.3, -0.25) is 0 Å². The van der Waals surface area contributed by atoms with E-state index in [0.29, 0.717) is 10.6 Å². The lowest BCUT2D eigenvalue weighted by Gasteiger charge is -2.02. The molecule has 0 saturated heterocycles. The van der Waals surface area contributed by atoms with E-state index in [1.807, 2.05) is 42.5 Å². The molecule has 2 aromatic carbocycles. The van der Waals surface area contributed by atoms with Gasteiger partial charge in [-0.1, -0.05) is 41.9 Å². The highest BCUT2D eigenvalue weighted by Gasteiger charge is 2.03. The summed E-state index contributed by atoms with van der Waals surface area (Å²) in [6.07, 6.45) is 1.88. The van der Waals surface area contributed by atoms with Gasteiger partial charge in [-0.05, 0) is 58.0 Å². The highest BCUT2D eigenvalue weighted by Crippen LogP contribution is 2.22. The Morgan fingerprint density at radius 2 is 1.94 bits per heavy atom. The van der Waals surface area contributed by atoms with Crippen LogP contribution < -0.4 is 0 Å². The molecule has 2 rings (SSSR count). The summed E-state index contributed by atoms with van der Waals surface area (Å²) in [5, 5.41) is 9.89. The van der Waals surface area contributed by atoms with Crippen LogP contribution in [0.3, 0.4) is 0 Å². The maximum atomic E-state index is 9.26. The summed E-state index contributed by atoms with van der Waals surface area (Å²) in [6, 6.07) is 17.5. The van der Waals surface area contributed by atoms with E-state index in [1.165, 1.54) is 0 Å². The van der Waals surface area contributed by atoms with Crippen molar-refractivity contribution < 1.29 is 0 Å². The number of hydrogen-bond acceptors (Lipinski definition) is 1. The van der Waals surface area contributed by atoms with E-state index in [1.54, 1.807) is 12.1 Å². The molecule has 18 heavy (non-hydrogen) atoms. The van der Waals surface area contributed by atoms with Gasteiger partial charge in [-0.2, -0.15) is 5.26 Å². The first-order valence-corrected chi connectivity index (χ1v) is 6.78. The SMILES string of the molecule is N#C/C(=C/c1ccccc1I)c1cccc(Cl)c1. The van der Waals surface area contributed by atoms with Crippen molar-refractivity contribution in [2.75, 3.05) is 0 Å². The van der Waals surface area contributed by atoms with Crippen molar-refractivity contribution in [3.63, 3.8) is 0 Å². The molecule has 0 aliphatic heterocycles. The zero-order valence-corrected chi connectivity index (χ0v) is 12.3. The average molecular weight is 366 g/mol. The fraction of sp³-hybridized carbons (Fsp3) is 0. The largest absolute Gasteiger partial charge is 0.192 e. The van der Waals surface area contributed by atoms with Crippen LogP contribution in [0.5, 0.6) is 0 Å². The van der Waals surface area contributed by atoms with Crippen LogP contribution in [0.15, 0.2) is 48.5 Å². The summed E-state index contributed by atoms with van der Waals surface area (Å²) >= 11 is 8.20. The maximum absolute atomic E-state index is 9.26. The summed E-state index contributed by atoms with van der Waals surface area (Å²) < 4.78 is 1.12. The van der Waals surface area contributed by atoms with Gasteiger partial charge in [-0.15, -0.1) is 0 Å². The van der Waals surface area contributed by atoms with E-state index < -0.39 is 0 Å². The number of hydrogen-bond donors (Lipinski definition) is 0. The fourth-order valence-electron chi connectivity index (χ4n) is 1.58. The lowest BCUT2D eigenvalue weighted by Crippen LogP contribution is -1.84. The molecule has 0 unspecified atom stereocenters. The Hall–Kier alpha value is -1.31. The molecule has 0 radical (unpaired) electrons. The maximum Gasteiger partial charge on any atom is 0.0998 e. The second kappa shape index (κ2) is 6.03. The monoisotopic (exact) mass is 365 g/mol. The number of nitrogens with zero attached hydrogens (tertiary/aromatic N) is 1. The molecule has 0 amide bonds. The number of nitriles is 1. The zero-order chi connectivity index (χ0) is 13.0. The van der Waals surface area contributed by atoms with E-state index >= 15 is 0 Å². The first kappa shape index (κ1) is 13.1. The number of benzene rings is 2. The van der Waals surface area contributed by atoms with Gasteiger partial charge in [0.05, 0.1) is 11.6 Å². The van der Waals surface area contributed by atoms with Gasteiger partial charge in [0.15, 0.2) is 0 Å². The van der Waals surface area contributed by atoms with Gasteiger partial charge >= 0.3 is 0 Å². The van der Waals surface area contributed by atoms with Gasteiger partial charge in [0.1, 0.15) is 0 Å². The highest BCUT2D eigenvalue weighted by molar-refractivity contribution is 14.1. The molecule has 0 N–H and O–H groups in total. The number of rotatable bonds is 2. The van der Waals surface area contributed by atoms with E-state index in [2.05, 4.69) is 28.7 Å². The zero-order valence-electron chi connectivity index (χ0n) is 9.40. The quantitative estimate of drug-likeness (QED) is 0.417. The van der Waals surface area contributed by atoms with Gasteiger partial charge in [0.25, 0.3) is 0 Å². The second-order valence-corrected chi connectivity index (χ2v) is 5.30. The van der Waals surface area contributed by atoms with E-state index in [0.717, 1.165) is 14.7 Å². The molecule has 0 bridgehead atoms. The van der Waals surface area contributed by atoms with Gasteiger partial charge < -0.3 is 0 Å². The molecule has 0 aliphatic rings. The summed E-state index contributed by atoms with van der Waals surface area (Å²) in [5.74, 6) is 0. The van der Waals surface area contributed by atoms with E-state index in [-0.39, 0.29) is 0 Å². The lowest BCUT2D eigenvalue weighted by molar-refractivity contribution is 1.52. The molecule has 1 nitrogen and oxygen atoms in total. The third kappa shape index (κ3) is 3.12. The molecular weight excluding hydrogens is 357 g/mol. The molecule has 0 aliphatic carbocycles. The smallest absolute Gasteiger partial charge is 0.0998 e. The highest BCUT2D eigenvalue weighted by atomic mass is 127. The van der Waals surface area contributed by atoms with Crippen LogP contribution in [0, 0.1) is 14.9 Å². The Balaban J connectivity index is 2.47. The van der Waals surface area contributed by atoms with Crippen molar-refractivity contribution in [3.8, 4) is 6.07 Å². The van der Waals surface area contributed by atoms with Crippen LogP contribution in [0.2, 0.25) is 5.02 Å². The Morgan fingerprint density at radius 1 is 1.17 bits per heavy atom. The van der Waals surface area contributed by atoms with Crippen molar-refractivity contribution in [1.29, 1.82) is 5.26 Å². The molecule has 88 valence electrons. The van der Waals surface area contributed by atoms with Crippen LogP contribution in [0.1, 0.15) is 11.1 Å². The Bertz CT molecular complexity index is 641. The van der Waals surface area contributed by atoms with E-state index in [4.69, 9.17) is 11.6 Å². The topological polar surface area (TPSA) is 23.8 Å². The van der Waals surface area contributed by atoms with Crippen molar-refractivity contribution in [1.82, 2.24) is 0 Å². The van der Waals surface area contributed by atoms with Gasteiger partial charge in [0.2, 0.25) is 0 Å². The van der Waals surface area contributed by atoms with Crippen LogP contribution in [0.4, 0.5) is 0 Å². The summed E-state index contributed by atoms with van der Waals surface area (Å²) in [6.45, 7) is 0. The van der Waals surface area contributed by atoms with E-state index in [9.17, 15) is 5.26 Å². The third-order valence-electron chi connectivity index (χ3n) is 2.46. The van der Waals surface area contributed by atoms with Crippen LogP contribution >= 0.6 is 34.2 Å². The number of allylic oxidation sites excluding steroid dienone is 1. The van der Waals surface area contributed by atoms with Crippen molar-refractivity contribution in [2.24, 2.45) is 0 Å². The summed E-state index contributed by atoms with van der Waals surface area (Å²) in [5.41, 5.74) is 2.49.